The number of carbonyl (C=O) groups excluding carboxylic acids is 1. The number of hydrogen-bond acceptors (Lipinski definition) is 3. The van der Waals surface area contributed by atoms with Gasteiger partial charge in [0.1, 0.15) is 5.82 Å². The number of nitrogens with one attached hydrogen (secondary N) is 1. The maximum Gasteiger partial charge on any atom is 0.317 e. The number of halogens is 1. The molecule has 17 heavy (non-hydrogen) atoms. The van der Waals surface area contributed by atoms with Gasteiger partial charge >= 0.3 is 6.03 Å². The summed E-state index contributed by atoms with van der Waals surface area (Å²) in [7, 11) is 1.55. The summed E-state index contributed by atoms with van der Waals surface area (Å²) >= 11 is 0. The highest BCUT2D eigenvalue weighted by atomic mass is 19.1. The van der Waals surface area contributed by atoms with Gasteiger partial charge in [0, 0.05) is 19.8 Å². The minimum atomic E-state index is -0.600. The number of likely N-dealkylation sites (N-methyl/N-ethyl adjacent to an activating group) is 1. The lowest BCUT2D eigenvalue weighted by atomic mass is 10.3. The molecule has 0 aliphatic carbocycles. The van der Waals surface area contributed by atoms with Crippen molar-refractivity contribution < 1.29 is 14.3 Å². The predicted octanol–water partition coefficient (Wildman–Crippen LogP) is 0.743. The highest BCUT2D eigenvalue weighted by Crippen LogP contribution is 2.01. The zero-order valence-corrected chi connectivity index (χ0v) is 9.85. The Morgan fingerprint density at radius 1 is 1.71 bits per heavy atom. The van der Waals surface area contributed by atoms with Crippen LogP contribution in [-0.2, 0) is 6.54 Å². The van der Waals surface area contributed by atoms with Crippen LogP contribution in [0, 0.1) is 5.82 Å². The van der Waals surface area contributed by atoms with Crippen LogP contribution in [0.5, 0.6) is 0 Å². The van der Waals surface area contributed by atoms with E-state index in [2.05, 4.69) is 10.3 Å². The number of aromatic nitrogens is 1. The monoisotopic (exact) mass is 241 g/mol. The van der Waals surface area contributed by atoms with Crippen LogP contribution in [-0.4, -0.2) is 40.7 Å². The van der Waals surface area contributed by atoms with Gasteiger partial charge in [-0.15, -0.1) is 0 Å². The number of pyridine rings is 1. The van der Waals surface area contributed by atoms with Crippen LogP contribution >= 0.6 is 0 Å². The molecule has 1 aromatic rings. The third-order valence-electron chi connectivity index (χ3n) is 2.13. The molecule has 94 valence electrons. The van der Waals surface area contributed by atoms with Crippen LogP contribution in [0.25, 0.3) is 0 Å². The van der Waals surface area contributed by atoms with E-state index >= 15 is 0 Å². The number of hydrogen-bond donors (Lipinski definition) is 2. The molecule has 2 N–H and O–H groups in total. The van der Waals surface area contributed by atoms with Gasteiger partial charge in [-0.1, -0.05) is 0 Å². The van der Waals surface area contributed by atoms with E-state index in [0.29, 0.717) is 0 Å². The number of urea groups is 1. The van der Waals surface area contributed by atoms with Crippen molar-refractivity contribution in [2.45, 2.75) is 19.6 Å². The summed E-state index contributed by atoms with van der Waals surface area (Å²) < 4.78 is 13.2. The number of rotatable bonds is 4. The van der Waals surface area contributed by atoms with E-state index in [9.17, 15) is 9.18 Å². The minimum absolute atomic E-state index is 0.0235. The highest BCUT2D eigenvalue weighted by molar-refractivity contribution is 5.73. The van der Waals surface area contributed by atoms with Crippen molar-refractivity contribution in [1.29, 1.82) is 0 Å². The van der Waals surface area contributed by atoms with E-state index in [1.54, 1.807) is 14.0 Å². The van der Waals surface area contributed by atoms with E-state index in [1.165, 1.54) is 23.2 Å². The van der Waals surface area contributed by atoms with Crippen LogP contribution in [0.3, 0.4) is 0 Å². The van der Waals surface area contributed by atoms with Crippen LogP contribution in [0.4, 0.5) is 9.18 Å². The second kappa shape index (κ2) is 6.15. The summed E-state index contributed by atoms with van der Waals surface area (Å²) in [5, 5.41) is 11.6. The molecule has 0 saturated heterocycles. The smallest absolute Gasteiger partial charge is 0.317 e. The molecule has 1 aromatic heterocycles. The van der Waals surface area contributed by atoms with E-state index in [0.717, 1.165) is 0 Å². The lowest BCUT2D eigenvalue weighted by Crippen LogP contribution is -2.40. The van der Waals surface area contributed by atoms with Crippen molar-refractivity contribution in [2.75, 3.05) is 13.6 Å². The molecule has 0 bridgehead atoms. The highest BCUT2D eigenvalue weighted by Gasteiger charge is 2.11. The van der Waals surface area contributed by atoms with Crippen LogP contribution in [0.2, 0.25) is 0 Å². The molecule has 0 aliphatic heterocycles. The van der Waals surface area contributed by atoms with Gasteiger partial charge in [0.2, 0.25) is 0 Å². The minimum Gasteiger partial charge on any atom is -0.392 e. The average molecular weight is 241 g/mol. The van der Waals surface area contributed by atoms with Crippen molar-refractivity contribution in [2.24, 2.45) is 0 Å². The van der Waals surface area contributed by atoms with Gasteiger partial charge in [0.05, 0.1) is 18.3 Å². The molecule has 6 heteroatoms. The fourth-order valence-corrected chi connectivity index (χ4v) is 1.32. The summed E-state index contributed by atoms with van der Waals surface area (Å²) in [6.07, 6.45) is 0.863. The van der Waals surface area contributed by atoms with Crippen molar-refractivity contribution in [3.8, 4) is 0 Å². The van der Waals surface area contributed by atoms with Crippen molar-refractivity contribution in [3.05, 3.63) is 29.8 Å². The van der Waals surface area contributed by atoms with E-state index in [1.807, 2.05) is 0 Å². The SMILES string of the molecule is CC(O)CN(C)C(=O)NCc1ncccc1F. The van der Waals surface area contributed by atoms with Gasteiger partial charge in [-0.25, -0.2) is 9.18 Å². The first kappa shape index (κ1) is 13.4. The van der Waals surface area contributed by atoms with Crippen LogP contribution in [0.15, 0.2) is 18.3 Å². The second-order valence-electron chi connectivity index (χ2n) is 3.82. The summed E-state index contributed by atoms with van der Waals surface area (Å²) in [6, 6.07) is 2.39. The molecule has 0 aromatic carbocycles. The lowest BCUT2D eigenvalue weighted by molar-refractivity contribution is 0.143. The van der Waals surface area contributed by atoms with Crippen molar-refractivity contribution >= 4 is 6.03 Å². The molecule has 0 radical (unpaired) electrons. The Labute approximate surface area is 99.3 Å². The molecule has 0 saturated carbocycles. The van der Waals surface area contributed by atoms with Crippen molar-refractivity contribution in [1.82, 2.24) is 15.2 Å². The second-order valence-corrected chi connectivity index (χ2v) is 3.82. The largest absolute Gasteiger partial charge is 0.392 e. The molecule has 0 aliphatic rings. The van der Waals surface area contributed by atoms with E-state index in [4.69, 9.17) is 5.11 Å². The fraction of sp³-hybridized carbons (Fsp3) is 0.455. The zero-order chi connectivity index (χ0) is 12.8. The molecular formula is C11H16FN3O2. The van der Waals surface area contributed by atoms with Gasteiger partial charge in [-0.2, -0.15) is 0 Å². The standard InChI is InChI=1S/C11H16FN3O2/c1-8(16)7-15(2)11(17)14-6-10-9(12)4-3-5-13-10/h3-5,8,16H,6-7H2,1-2H3,(H,14,17). The quantitative estimate of drug-likeness (QED) is 0.817. The fourth-order valence-electron chi connectivity index (χ4n) is 1.32. The first-order chi connectivity index (χ1) is 8.00. The first-order valence-corrected chi connectivity index (χ1v) is 5.27. The number of aliphatic hydroxyl groups is 1. The molecule has 1 unspecified atom stereocenters. The first-order valence-electron chi connectivity index (χ1n) is 5.27. The molecule has 1 heterocycles. The number of nitrogens with zero attached hydrogens (tertiary/aromatic N) is 2. The van der Waals surface area contributed by atoms with Gasteiger partial charge in [0.25, 0.3) is 0 Å². The Bertz CT molecular complexity index is 385. The summed E-state index contributed by atoms with van der Waals surface area (Å²) in [5.74, 6) is -0.453. The normalized spacial score (nSPS) is 12.0. The molecular weight excluding hydrogens is 225 g/mol. The average Bonchev–Trinajstić information content (AvgIpc) is 2.26. The van der Waals surface area contributed by atoms with Gasteiger partial charge < -0.3 is 15.3 Å². The van der Waals surface area contributed by atoms with E-state index in [-0.39, 0.29) is 24.8 Å². The van der Waals surface area contributed by atoms with Gasteiger partial charge in [-0.05, 0) is 19.1 Å². The maximum absolute atomic E-state index is 13.2. The Balaban J connectivity index is 2.46. The molecule has 2 amide bonds. The third kappa shape index (κ3) is 4.36. The predicted molar refractivity (Wildman–Crippen MR) is 60.7 cm³/mol. The third-order valence-corrected chi connectivity index (χ3v) is 2.13. The Morgan fingerprint density at radius 2 is 2.41 bits per heavy atom. The van der Waals surface area contributed by atoms with Crippen LogP contribution < -0.4 is 5.32 Å². The number of carbonyl (C=O) groups is 1. The number of aliphatic hydroxyl groups excluding tert-OH is 1. The number of amides is 2. The molecule has 0 spiro atoms. The summed E-state index contributed by atoms with van der Waals surface area (Å²) in [4.78, 5) is 16.7. The molecule has 1 atom stereocenters. The van der Waals surface area contributed by atoms with Gasteiger partial charge in [0.15, 0.2) is 0 Å². The molecule has 0 fully saturated rings. The zero-order valence-electron chi connectivity index (χ0n) is 9.85. The summed E-state index contributed by atoms with van der Waals surface area (Å²) in [6.45, 7) is 1.83. The lowest BCUT2D eigenvalue weighted by Gasteiger charge is -2.19. The Kier molecular flexibility index (Phi) is 4.84. The van der Waals surface area contributed by atoms with Crippen LogP contribution in [0.1, 0.15) is 12.6 Å². The molecule has 1 rings (SSSR count). The summed E-state index contributed by atoms with van der Waals surface area (Å²) in [5.41, 5.74) is 0.186. The van der Waals surface area contributed by atoms with E-state index < -0.39 is 11.9 Å². The Morgan fingerprint density at radius 3 is 3.00 bits per heavy atom. The van der Waals surface area contributed by atoms with Crippen molar-refractivity contribution in [3.63, 3.8) is 0 Å². The van der Waals surface area contributed by atoms with Gasteiger partial charge in [-0.3, -0.25) is 4.98 Å². The molecule has 5 nitrogen and oxygen atoms in total. The topological polar surface area (TPSA) is 65.5 Å². The maximum atomic E-state index is 13.2. The Hall–Kier alpha value is -1.69.